The number of rotatable bonds is 2. The molecule has 21 heavy (non-hydrogen) atoms. The maximum Gasteiger partial charge on any atom is 0.155 e. The lowest BCUT2D eigenvalue weighted by molar-refractivity contribution is 0.469. The van der Waals surface area contributed by atoms with Crippen molar-refractivity contribution in [1.29, 1.82) is 0 Å². The Labute approximate surface area is 119 Å². The lowest BCUT2D eigenvalue weighted by Crippen LogP contribution is -2.26. The van der Waals surface area contributed by atoms with Crippen molar-refractivity contribution >= 4 is 0 Å². The summed E-state index contributed by atoms with van der Waals surface area (Å²) in [5, 5.41) is 2.90. The van der Waals surface area contributed by atoms with Crippen LogP contribution in [0.15, 0.2) is 81.2 Å². The predicted molar refractivity (Wildman–Crippen MR) is 75.9 cm³/mol. The van der Waals surface area contributed by atoms with Gasteiger partial charge in [0.2, 0.25) is 0 Å². The number of hydrogen-bond acceptors (Lipinski definition) is 5. The molecule has 5 nitrogen and oxygen atoms in total. The van der Waals surface area contributed by atoms with E-state index in [1.807, 2.05) is 36.4 Å². The third-order valence-electron chi connectivity index (χ3n) is 3.16. The lowest BCUT2D eigenvalue weighted by Gasteiger charge is -2.04. The van der Waals surface area contributed by atoms with Gasteiger partial charge in [-0.15, -0.1) is 0 Å². The molecule has 0 aliphatic carbocycles. The number of ether oxygens (including phenoxy) is 1. The van der Waals surface area contributed by atoms with Crippen LogP contribution in [-0.2, 0) is 0 Å². The molecule has 2 aromatic carbocycles. The van der Waals surface area contributed by atoms with Gasteiger partial charge in [0.1, 0.15) is 22.4 Å². The van der Waals surface area contributed by atoms with Gasteiger partial charge in [0, 0.05) is 0 Å². The molecule has 2 aromatic rings. The van der Waals surface area contributed by atoms with Gasteiger partial charge in [-0.05, 0) is 24.3 Å². The largest absolute Gasteiger partial charge is 0.453 e. The first-order chi connectivity index (χ1) is 10.2. The molecule has 0 amide bonds. The molecular weight excluding hydrogens is 264 g/mol. The predicted octanol–water partition coefficient (Wildman–Crippen LogP) is 0.927. The van der Waals surface area contributed by atoms with Gasteiger partial charge in [-0.2, -0.15) is 0 Å². The van der Waals surface area contributed by atoms with Crippen LogP contribution in [0.4, 0.5) is 0 Å². The second kappa shape index (κ2) is 4.21. The molecule has 0 bridgehead atoms. The number of nitrogens with zero attached hydrogens (tertiary/aromatic N) is 4. The maximum atomic E-state index is 5.97. The van der Waals surface area contributed by atoms with Crippen molar-refractivity contribution in [3.05, 3.63) is 82.6 Å². The molecule has 0 saturated heterocycles. The summed E-state index contributed by atoms with van der Waals surface area (Å²) >= 11 is 0. The number of para-hydroxylation sites is 2. The second-order valence-electron chi connectivity index (χ2n) is 4.63. The van der Waals surface area contributed by atoms with Gasteiger partial charge in [0.25, 0.3) is 0 Å². The van der Waals surface area contributed by atoms with Gasteiger partial charge < -0.3 is 4.74 Å². The Morgan fingerprint density at radius 1 is 0.667 bits per heavy atom. The first kappa shape index (κ1) is 11.7. The normalized spacial score (nSPS) is 14.5. The third kappa shape index (κ3) is 1.87. The Bertz CT molecular complexity index is 965. The van der Waals surface area contributed by atoms with E-state index in [0.717, 1.165) is 10.7 Å². The molecular formula is C16H10N4O. The van der Waals surface area contributed by atoms with Gasteiger partial charge in [-0.25, -0.2) is 20.0 Å². The molecule has 0 fully saturated rings. The van der Waals surface area contributed by atoms with Gasteiger partial charge in [0.15, 0.2) is 11.5 Å². The van der Waals surface area contributed by atoms with E-state index in [1.165, 1.54) is 0 Å². The number of hydrogen-bond donors (Lipinski definition) is 0. The summed E-state index contributed by atoms with van der Waals surface area (Å²) < 4.78 is 5.97. The highest BCUT2D eigenvalue weighted by atomic mass is 16.5. The highest BCUT2D eigenvalue weighted by Crippen LogP contribution is 2.14. The van der Waals surface area contributed by atoms with Crippen molar-refractivity contribution in [3.8, 4) is 11.5 Å². The van der Waals surface area contributed by atoms with Gasteiger partial charge in [0.05, 0.1) is 10.7 Å². The van der Waals surface area contributed by atoms with E-state index in [4.69, 9.17) is 4.74 Å². The SMILES string of the molecule is C=C1N=c2cccc(Oc3cccc4c3=NC(=C)N=4)c2=N1. The summed E-state index contributed by atoms with van der Waals surface area (Å²) in [6.07, 6.45) is 0. The summed E-state index contributed by atoms with van der Waals surface area (Å²) in [5.74, 6) is 2.20. The van der Waals surface area contributed by atoms with Crippen molar-refractivity contribution in [3.63, 3.8) is 0 Å². The van der Waals surface area contributed by atoms with Crippen LogP contribution in [0.1, 0.15) is 0 Å². The summed E-state index contributed by atoms with van der Waals surface area (Å²) in [7, 11) is 0. The molecule has 0 unspecified atom stereocenters. The molecule has 2 heterocycles. The zero-order valence-corrected chi connectivity index (χ0v) is 11.1. The minimum Gasteiger partial charge on any atom is -0.453 e. The van der Waals surface area contributed by atoms with Crippen LogP contribution in [0.25, 0.3) is 0 Å². The minimum atomic E-state index is 0.479. The van der Waals surface area contributed by atoms with Crippen molar-refractivity contribution in [2.45, 2.75) is 0 Å². The highest BCUT2D eigenvalue weighted by molar-refractivity contribution is 5.32. The maximum absolute atomic E-state index is 5.97. The van der Waals surface area contributed by atoms with Crippen molar-refractivity contribution in [2.24, 2.45) is 20.0 Å². The fourth-order valence-corrected chi connectivity index (χ4v) is 2.30. The van der Waals surface area contributed by atoms with E-state index < -0.39 is 0 Å². The molecule has 2 aliphatic heterocycles. The van der Waals surface area contributed by atoms with Gasteiger partial charge >= 0.3 is 0 Å². The van der Waals surface area contributed by atoms with Crippen LogP contribution in [0.2, 0.25) is 0 Å². The fourth-order valence-electron chi connectivity index (χ4n) is 2.30. The monoisotopic (exact) mass is 274 g/mol. The average molecular weight is 274 g/mol. The van der Waals surface area contributed by atoms with Crippen LogP contribution in [-0.4, -0.2) is 0 Å². The quantitative estimate of drug-likeness (QED) is 0.803. The van der Waals surface area contributed by atoms with Crippen molar-refractivity contribution < 1.29 is 4.74 Å². The topological polar surface area (TPSA) is 58.7 Å². The zero-order valence-electron chi connectivity index (χ0n) is 11.1. The molecule has 2 aliphatic rings. The molecule has 0 atom stereocenters. The molecule has 5 heteroatoms. The third-order valence-corrected chi connectivity index (χ3v) is 3.16. The lowest BCUT2D eigenvalue weighted by atomic mass is 10.3. The minimum absolute atomic E-state index is 0.479. The van der Waals surface area contributed by atoms with Gasteiger partial charge in [-0.1, -0.05) is 25.3 Å². The zero-order chi connectivity index (χ0) is 14.4. The summed E-state index contributed by atoms with van der Waals surface area (Å²) in [6, 6.07) is 11.2. The summed E-state index contributed by atoms with van der Waals surface area (Å²) in [4.78, 5) is 17.1. The Kier molecular flexibility index (Phi) is 2.35. The first-order valence-electron chi connectivity index (χ1n) is 6.39. The van der Waals surface area contributed by atoms with Crippen molar-refractivity contribution in [1.82, 2.24) is 0 Å². The molecule has 0 saturated carbocycles. The Morgan fingerprint density at radius 3 is 1.62 bits per heavy atom. The molecule has 0 spiro atoms. The number of fused-ring (bicyclic) bond motifs is 2. The van der Waals surface area contributed by atoms with E-state index in [2.05, 4.69) is 33.1 Å². The smallest absolute Gasteiger partial charge is 0.155 e. The highest BCUT2D eigenvalue weighted by Gasteiger charge is 2.11. The summed E-state index contributed by atoms with van der Waals surface area (Å²) in [5.41, 5.74) is 0. The van der Waals surface area contributed by atoms with Crippen LogP contribution >= 0.6 is 0 Å². The second-order valence-corrected chi connectivity index (χ2v) is 4.63. The van der Waals surface area contributed by atoms with E-state index in [0.29, 0.717) is 33.9 Å². The van der Waals surface area contributed by atoms with E-state index >= 15 is 0 Å². The Hall–Kier alpha value is -3.08. The van der Waals surface area contributed by atoms with E-state index in [9.17, 15) is 0 Å². The fraction of sp³-hybridized carbons (Fsp3) is 0. The van der Waals surface area contributed by atoms with Crippen LogP contribution in [0.5, 0.6) is 11.5 Å². The van der Waals surface area contributed by atoms with Crippen LogP contribution in [0, 0.1) is 0 Å². The van der Waals surface area contributed by atoms with Crippen molar-refractivity contribution in [2.75, 3.05) is 0 Å². The molecule has 4 rings (SSSR count). The first-order valence-corrected chi connectivity index (χ1v) is 6.39. The molecule has 0 N–H and O–H groups in total. The van der Waals surface area contributed by atoms with Crippen LogP contribution in [0.3, 0.4) is 0 Å². The van der Waals surface area contributed by atoms with E-state index in [-0.39, 0.29) is 0 Å². The average Bonchev–Trinajstić information content (AvgIpc) is 3.01. The van der Waals surface area contributed by atoms with Gasteiger partial charge in [-0.3, -0.25) is 0 Å². The van der Waals surface area contributed by atoms with E-state index in [1.54, 1.807) is 0 Å². The molecule has 0 radical (unpaired) electrons. The van der Waals surface area contributed by atoms with Crippen LogP contribution < -0.4 is 26.2 Å². The molecule has 100 valence electrons. The standard InChI is InChI=1S/C16H10N4O/c1-9-17-11-5-3-7-13(15(11)19-9)21-14-8-4-6-12-16(14)20-10(2)18-12/h3-8H,1-2H2. The Morgan fingerprint density at radius 2 is 1.14 bits per heavy atom. The summed E-state index contributed by atoms with van der Waals surface area (Å²) in [6.45, 7) is 7.50. The molecule has 0 aromatic heterocycles. The number of benzene rings is 2. The Balaban J connectivity index is 1.90.